The highest BCUT2D eigenvalue weighted by atomic mass is 16.5. The van der Waals surface area contributed by atoms with Crippen molar-refractivity contribution in [3.05, 3.63) is 12.2 Å². The maximum Gasteiger partial charge on any atom is 0.302 e. The molecule has 0 unspecified atom stereocenters. The maximum absolute atomic E-state index is 10.2. The summed E-state index contributed by atoms with van der Waals surface area (Å²) in [5.74, 6) is -0.832. The summed E-state index contributed by atoms with van der Waals surface area (Å²) in [5, 5.41) is 2.03. The van der Waals surface area contributed by atoms with E-state index in [0.29, 0.717) is 6.61 Å². The van der Waals surface area contributed by atoms with Gasteiger partial charge in [0, 0.05) is 19.1 Å². The Balaban J connectivity index is 0.000000288. The lowest BCUT2D eigenvalue weighted by Crippen LogP contribution is -2.19. The molecule has 0 bridgehead atoms. The number of imide groups is 1. The molecule has 0 saturated carbocycles. The number of esters is 1. The summed E-state index contributed by atoms with van der Waals surface area (Å²) >= 11 is 0. The predicted molar refractivity (Wildman–Crippen MR) is 58.4 cm³/mol. The highest BCUT2D eigenvalue weighted by Gasteiger charge is 2.06. The molecule has 0 atom stereocenters. The standard InChI is InChI=1S/C7H14O2.C4H3NO2/c1-3-4-5-6-9-7(2)8;6-3-1-2-4(7)5-3/h3-6H2,1-2H3;1-2H,(H,5,6,7). The van der Waals surface area contributed by atoms with Crippen LogP contribution in [0.4, 0.5) is 0 Å². The average molecular weight is 227 g/mol. The second kappa shape index (κ2) is 8.64. The zero-order valence-electron chi connectivity index (χ0n) is 9.62. The van der Waals surface area contributed by atoms with E-state index in [1.165, 1.54) is 25.5 Å². The highest BCUT2D eigenvalue weighted by molar-refractivity contribution is 6.12. The SMILES string of the molecule is CCCCCOC(C)=O.O=C1C=CC(=O)N1. The molecule has 1 aliphatic heterocycles. The lowest BCUT2D eigenvalue weighted by Gasteiger charge is -1.98. The van der Waals surface area contributed by atoms with Gasteiger partial charge in [0.15, 0.2) is 0 Å². The van der Waals surface area contributed by atoms with Crippen molar-refractivity contribution in [3.8, 4) is 0 Å². The fraction of sp³-hybridized carbons (Fsp3) is 0.545. The first kappa shape index (κ1) is 14.3. The van der Waals surface area contributed by atoms with Gasteiger partial charge in [-0.05, 0) is 6.42 Å². The average Bonchev–Trinajstić information content (AvgIpc) is 2.58. The molecule has 90 valence electrons. The van der Waals surface area contributed by atoms with E-state index in [2.05, 4.69) is 6.92 Å². The molecular formula is C11H17NO4. The molecule has 1 N–H and O–H groups in total. The Morgan fingerprint density at radius 3 is 2.12 bits per heavy atom. The Labute approximate surface area is 94.8 Å². The van der Waals surface area contributed by atoms with E-state index in [-0.39, 0.29) is 17.8 Å². The van der Waals surface area contributed by atoms with Gasteiger partial charge in [-0.2, -0.15) is 0 Å². The molecule has 0 aromatic heterocycles. The summed E-state index contributed by atoms with van der Waals surface area (Å²) in [6.45, 7) is 4.14. The quantitative estimate of drug-likeness (QED) is 0.440. The Bertz CT molecular complexity index is 268. The fourth-order valence-corrected chi connectivity index (χ4v) is 0.924. The van der Waals surface area contributed by atoms with Crippen LogP contribution in [0.25, 0.3) is 0 Å². The van der Waals surface area contributed by atoms with Crippen LogP contribution >= 0.6 is 0 Å². The van der Waals surface area contributed by atoms with Gasteiger partial charge >= 0.3 is 5.97 Å². The summed E-state index contributed by atoms with van der Waals surface area (Å²) in [6, 6.07) is 0. The molecule has 1 aliphatic rings. The van der Waals surface area contributed by atoms with Crippen molar-refractivity contribution in [1.29, 1.82) is 0 Å². The van der Waals surface area contributed by atoms with Crippen molar-refractivity contribution in [2.45, 2.75) is 33.1 Å². The van der Waals surface area contributed by atoms with Crippen molar-refractivity contribution >= 4 is 17.8 Å². The number of unbranched alkanes of at least 4 members (excludes halogenated alkanes) is 2. The predicted octanol–water partition coefficient (Wildman–Crippen LogP) is 0.939. The van der Waals surface area contributed by atoms with E-state index < -0.39 is 0 Å². The molecular weight excluding hydrogens is 210 g/mol. The lowest BCUT2D eigenvalue weighted by atomic mass is 10.3. The van der Waals surface area contributed by atoms with Gasteiger partial charge in [0.25, 0.3) is 11.8 Å². The summed E-state index contributed by atoms with van der Waals surface area (Å²) in [6.07, 6.45) is 5.70. The Hall–Kier alpha value is -1.65. The largest absolute Gasteiger partial charge is 0.466 e. The van der Waals surface area contributed by atoms with Crippen LogP contribution < -0.4 is 5.32 Å². The highest BCUT2D eigenvalue weighted by Crippen LogP contribution is 1.93. The topological polar surface area (TPSA) is 72.5 Å². The minimum Gasteiger partial charge on any atom is -0.466 e. The van der Waals surface area contributed by atoms with Crippen molar-refractivity contribution in [2.75, 3.05) is 6.61 Å². The summed E-state index contributed by atoms with van der Waals surface area (Å²) < 4.78 is 4.70. The molecule has 5 nitrogen and oxygen atoms in total. The Morgan fingerprint density at radius 1 is 1.25 bits per heavy atom. The van der Waals surface area contributed by atoms with Gasteiger partial charge in [-0.25, -0.2) is 0 Å². The first-order valence-electron chi connectivity index (χ1n) is 5.22. The number of carbonyl (C=O) groups excluding carboxylic acids is 3. The maximum atomic E-state index is 10.2. The van der Waals surface area contributed by atoms with Gasteiger partial charge in [-0.3, -0.25) is 19.7 Å². The van der Waals surface area contributed by atoms with E-state index in [1.807, 2.05) is 5.32 Å². The summed E-state index contributed by atoms with van der Waals surface area (Å²) in [5.41, 5.74) is 0. The first-order valence-corrected chi connectivity index (χ1v) is 5.22. The molecule has 0 aromatic rings. The van der Waals surface area contributed by atoms with Gasteiger partial charge in [0.2, 0.25) is 0 Å². The van der Waals surface area contributed by atoms with Crippen LogP contribution in [-0.2, 0) is 19.1 Å². The number of ether oxygens (including phenoxy) is 1. The van der Waals surface area contributed by atoms with Crippen molar-refractivity contribution < 1.29 is 19.1 Å². The Kier molecular flexibility index (Phi) is 7.75. The molecule has 0 spiro atoms. The number of hydrogen-bond donors (Lipinski definition) is 1. The molecule has 2 amide bonds. The zero-order chi connectivity index (χ0) is 12.4. The molecule has 0 fully saturated rings. The number of rotatable bonds is 4. The third kappa shape index (κ3) is 8.93. The fourth-order valence-electron chi connectivity index (χ4n) is 0.924. The van der Waals surface area contributed by atoms with Crippen molar-refractivity contribution in [3.63, 3.8) is 0 Å². The minimum absolute atomic E-state index is 0.175. The van der Waals surface area contributed by atoms with E-state index in [0.717, 1.165) is 12.8 Å². The molecule has 0 radical (unpaired) electrons. The molecule has 0 saturated heterocycles. The summed E-state index contributed by atoms with van der Waals surface area (Å²) in [4.78, 5) is 30.3. The van der Waals surface area contributed by atoms with Crippen LogP contribution in [0, 0.1) is 0 Å². The third-order valence-electron chi connectivity index (χ3n) is 1.69. The van der Waals surface area contributed by atoms with Crippen LogP contribution in [-0.4, -0.2) is 24.4 Å². The molecule has 5 heteroatoms. The minimum atomic E-state index is -0.329. The van der Waals surface area contributed by atoms with Crippen LogP contribution in [0.3, 0.4) is 0 Å². The monoisotopic (exact) mass is 227 g/mol. The van der Waals surface area contributed by atoms with Gasteiger partial charge < -0.3 is 4.74 Å². The second-order valence-electron chi connectivity index (χ2n) is 3.23. The van der Waals surface area contributed by atoms with Crippen molar-refractivity contribution in [2.24, 2.45) is 0 Å². The number of hydrogen-bond acceptors (Lipinski definition) is 4. The van der Waals surface area contributed by atoms with Crippen LogP contribution in [0.2, 0.25) is 0 Å². The van der Waals surface area contributed by atoms with E-state index in [4.69, 9.17) is 4.74 Å². The van der Waals surface area contributed by atoms with E-state index >= 15 is 0 Å². The van der Waals surface area contributed by atoms with Crippen LogP contribution in [0.5, 0.6) is 0 Å². The first-order chi connectivity index (χ1) is 7.56. The third-order valence-corrected chi connectivity index (χ3v) is 1.69. The van der Waals surface area contributed by atoms with Gasteiger partial charge in [0.1, 0.15) is 0 Å². The smallest absolute Gasteiger partial charge is 0.302 e. The number of nitrogens with one attached hydrogen (secondary N) is 1. The zero-order valence-corrected chi connectivity index (χ0v) is 9.62. The molecule has 16 heavy (non-hydrogen) atoms. The number of carbonyl (C=O) groups is 3. The lowest BCUT2D eigenvalue weighted by molar-refractivity contribution is -0.141. The molecule has 1 heterocycles. The molecule has 0 aliphatic carbocycles. The second-order valence-corrected chi connectivity index (χ2v) is 3.23. The Morgan fingerprint density at radius 2 is 1.81 bits per heavy atom. The summed E-state index contributed by atoms with van der Waals surface area (Å²) in [7, 11) is 0. The normalized spacial score (nSPS) is 12.9. The van der Waals surface area contributed by atoms with Crippen molar-refractivity contribution in [1.82, 2.24) is 5.32 Å². The van der Waals surface area contributed by atoms with Gasteiger partial charge in [0.05, 0.1) is 6.61 Å². The van der Waals surface area contributed by atoms with Crippen LogP contribution in [0.1, 0.15) is 33.1 Å². The van der Waals surface area contributed by atoms with E-state index in [1.54, 1.807) is 0 Å². The van der Waals surface area contributed by atoms with Gasteiger partial charge in [-0.1, -0.05) is 19.8 Å². The van der Waals surface area contributed by atoms with Crippen LogP contribution in [0.15, 0.2) is 12.2 Å². The number of amides is 2. The van der Waals surface area contributed by atoms with E-state index in [9.17, 15) is 14.4 Å². The van der Waals surface area contributed by atoms with Gasteiger partial charge in [-0.15, -0.1) is 0 Å². The molecule has 0 aromatic carbocycles. The molecule has 1 rings (SSSR count).